The summed E-state index contributed by atoms with van der Waals surface area (Å²) in [5.41, 5.74) is 3.09. The molecule has 0 aromatic heterocycles. The number of amides is 1. The fraction of sp³-hybridized carbons (Fsp3) is 0.542. The number of hydrogen-bond acceptors (Lipinski definition) is 4. The van der Waals surface area contributed by atoms with Crippen LogP contribution in [-0.4, -0.2) is 35.5 Å². The smallest absolute Gasteiger partial charge is 0.338 e. The maximum Gasteiger partial charge on any atom is 0.338 e. The summed E-state index contributed by atoms with van der Waals surface area (Å²) in [4.78, 5) is 26.8. The van der Waals surface area contributed by atoms with E-state index in [0.29, 0.717) is 29.6 Å². The second kappa shape index (κ2) is 10.3. The molecule has 1 amide bonds. The van der Waals surface area contributed by atoms with Gasteiger partial charge in [0.05, 0.1) is 18.2 Å². The predicted octanol–water partition coefficient (Wildman–Crippen LogP) is 4.79. The van der Waals surface area contributed by atoms with Crippen molar-refractivity contribution in [1.82, 2.24) is 10.2 Å². The zero-order valence-electron chi connectivity index (χ0n) is 19.7. The maximum atomic E-state index is 12.6. The van der Waals surface area contributed by atoms with E-state index < -0.39 is 6.04 Å². The van der Waals surface area contributed by atoms with E-state index in [4.69, 9.17) is 17.0 Å². The summed E-state index contributed by atoms with van der Waals surface area (Å²) in [5.74, 6) is -0.0490. The van der Waals surface area contributed by atoms with Crippen LogP contribution in [0.25, 0.3) is 0 Å². The van der Waals surface area contributed by atoms with Gasteiger partial charge in [-0.3, -0.25) is 4.79 Å². The molecule has 170 valence electrons. The van der Waals surface area contributed by atoms with E-state index >= 15 is 0 Å². The first-order valence-corrected chi connectivity index (χ1v) is 11.2. The molecule has 1 aromatic rings. The Labute approximate surface area is 191 Å². The molecule has 6 nitrogen and oxygen atoms in total. The Bertz CT molecular complexity index is 856. The summed E-state index contributed by atoms with van der Waals surface area (Å²) < 4.78 is 5.27. The van der Waals surface area contributed by atoms with Gasteiger partial charge in [0.25, 0.3) is 0 Å². The Kier molecular flexibility index (Phi) is 8.23. The van der Waals surface area contributed by atoms with E-state index in [0.717, 1.165) is 23.4 Å². The standard InChI is InChI=1S/C24H35N3O3S/c1-8-30-22(29)20-16(3)27(7)23(31)26-21(20)17-9-11-18(12-10-17)25-19(28)13-15(2)14-24(4,5)6/h9-12,15,21H,8,13-14H2,1-7H3,(H,25,28)(H,26,31). The number of esters is 1. The van der Waals surface area contributed by atoms with Crippen molar-refractivity contribution in [3.05, 3.63) is 41.1 Å². The molecule has 2 unspecified atom stereocenters. The molecular weight excluding hydrogens is 410 g/mol. The van der Waals surface area contributed by atoms with E-state index in [2.05, 4.69) is 38.3 Å². The molecule has 0 saturated carbocycles. The zero-order chi connectivity index (χ0) is 23.3. The molecule has 7 heteroatoms. The molecule has 0 fully saturated rings. The van der Waals surface area contributed by atoms with Crippen LogP contribution in [0.1, 0.15) is 66.0 Å². The van der Waals surface area contributed by atoms with Gasteiger partial charge in [-0.2, -0.15) is 0 Å². The highest BCUT2D eigenvalue weighted by atomic mass is 32.1. The van der Waals surface area contributed by atoms with Gasteiger partial charge in [0, 0.05) is 24.9 Å². The number of carbonyl (C=O) groups is 2. The van der Waals surface area contributed by atoms with Gasteiger partial charge in [-0.25, -0.2) is 4.79 Å². The van der Waals surface area contributed by atoms with Gasteiger partial charge in [-0.15, -0.1) is 0 Å². The minimum absolute atomic E-state index is 0.00560. The largest absolute Gasteiger partial charge is 0.463 e. The van der Waals surface area contributed by atoms with Crippen LogP contribution >= 0.6 is 12.2 Å². The number of anilines is 1. The van der Waals surface area contributed by atoms with Crippen molar-refractivity contribution in [2.24, 2.45) is 11.3 Å². The van der Waals surface area contributed by atoms with Crippen molar-refractivity contribution >= 4 is 34.9 Å². The van der Waals surface area contributed by atoms with Gasteiger partial charge < -0.3 is 20.3 Å². The van der Waals surface area contributed by atoms with Crippen LogP contribution in [0.5, 0.6) is 0 Å². The Morgan fingerprint density at radius 2 is 1.87 bits per heavy atom. The van der Waals surface area contributed by atoms with Gasteiger partial charge in [-0.05, 0) is 61.5 Å². The summed E-state index contributed by atoms with van der Waals surface area (Å²) in [5, 5.41) is 6.73. The van der Waals surface area contributed by atoms with Crippen LogP contribution in [0.3, 0.4) is 0 Å². The third-order valence-electron chi connectivity index (χ3n) is 5.27. The normalized spacial score (nSPS) is 17.8. The first kappa shape index (κ1) is 24.9. The number of allylic oxidation sites excluding steroid dienone is 1. The number of ether oxygens (including phenoxy) is 1. The van der Waals surface area contributed by atoms with E-state index in [1.165, 1.54) is 0 Å². The van der Waals surface area contributed by atoms with Gasteiger partial charge >= 0.3 is 5.97 Å². The third-order valence-corrected chi connectivity index (χ3v) is 5.66. The molecule has 1 aliphatic rings. The zero-order valence-corrected chi connectivity index (χ0v) is 20.5. The van der Waals surface area contributed by atoms with Crippen molar-refractivity contribution < 1.29 is 14.3 Å². The summed E-state index contributed by atoms with van der Waals surface area (Å²) >= 11 is 5.42. The van der Waals surface area contributed by atoms with E-state index in [9.17, 15) is 9.59 Å². The minimum atomic E-state index is -0.403. The molecule has 2 atom stereocenters. The fourth-order valence-electron chi connectivity index (χ4n) is 3.96. The molecular formula is C24H35N3O3S. The number of nitrogens with zero attached hydrogens (tertiary/aromatic N) is 1. The molecule has 0 saturated heterocycles. The highest BCUT2D eigenvalue weighted by Crippen LogP contribution is 2.31. The average Bonchev–Trinajstić information content (AvgIpc) is 2.64. The minimum Gasteiger partial charge on any atom is -0.463 e. The molecule has 2 rings (SSSR count). The third kappa shape index (κ3) is 6.79. The Morgan fingerprint density at radius 3 is 2.42 bits per heavy atom. The van der Waals surface area contributed by atoms with Crippen molar-refractivity contribution in [3.63, 3.8) is 0 Å². The number of rotatable bonds is 7. The van der Waals surface area contributed by atoms with Crippen LogP contribution in [0.2, 0.25) is 0 Å². The van der Waals surface area contributed by atoms with Crippen molar-refractivity contribution in [1.29, 1.82) is 0 Å². The first-order valence-electron chi connectivity index (χ1n) is 10.7. The molecule has 1 heterocycles. The lowest BCUT2D eigenvalue weighted by Gasteiger charge is -2.35. The second-order valence-electron chi connectivity index (χ2n) is 9.41. The van der Waals surface area contributed by atoms with Gasteiger partial charge in [0.15, 0.2) is 5.11 Å². The Hall–Kier alpha value is -2.41. The van der Waals surface area contributed by atoms with Crippen molar-refractivity contribution in [3.8, 4) is 0 Å². The maximum absolute atomic E-state index is 12.6. The first-order chi connectivity index (χ1) is 14.4. The molecule has 1 aliphatic heterocycles. The SMILES string of the molecule is CCOC(=O)C1=C(C)N(C)C(=S)NC1c1ccc(NC(=O)CC(C)CC(C)(C)C)cc1. The molecule has 0 radical (unpaired) electrons. The number of nitrogens with one attached hydrogen (secondary N) is 2. The quantitative estimate of drug-likeness (QED) is 0.465. The number of hydrogen-bond donors (Lipinski definition) is 2. The van der Waals surface area contributed by atoms with Crippen LogP contribution < -0.4 is 10.6 Å². The molecule has 0 spiro atoms. The Morgan fingerprint density at radius 1 is 1.26 bits per heavy atom. The van der Waals surface area contributed by atoms with Crippen molar-refractivity contribution in [2.45, 2.75) is 60.4 Å². The lowest BCUT2D eigenvalue weighted by Crippen LogP contribution is -2.46. The highest BCUT2D eigenvalue weighted by molar-refractivity contribution is 7.80. The number of thiocarbonyl (C=S) groups is 1. The van der Waals surface area contributed by atoms with Crippen LogP contribution in [-0.2, 0) is 14.3 Å². The lowest BCUT2D eigenvalue weighted by atomic mass is 9.84. The van der Waals surface area contributed by atoms with Crippen LogP contribution in [0.15, 0.2) is 35.5 Å². The summed E-state index contributed by atoms with van der Waals surface area (Å²) in [6.07, 6.45) is 1.47. The summed E-state index contributed by atoms with van der Waals surface area (Å²) in [7, 11) is 1.82. The van der Waals surface area contributed by atoms with Gasteiger partial charge in [0.2, 0.25) is 5.91 Å². The van der Waals surface area contributed by atoms with Crippen molar-refractivity contribution in [2.75, 3.05) is 19.0 Å². The number of benzene rings is 1. The Balaban J connectivity index is 2.15. The van der Waals surface area contributed by atoms with Gasteiger partial charge in [-0.1, -0.05) is 39.8 Å². The monoisotopic (exact) mass is 445 g/mol. The molecule has 0 bridgehead atoms. The summed E-state index contributed by atoms with van der Waals surface area (Å²) in [6.45, 7) is 12.6. The van der Waals surface area contributed by atoms with Gasteiger partial charge in [0.1, 0.15) is 0 Å². The molecule has 31 heavy (non-hydrogen) atoms. The average molecular weight is 446 g/mol. The molecule has 0 aliphatic carbocycles. The summed E-state index contributed by atoms with van der Waals surface area (Å²) in [6, 6.07) is 7.09. The van der Waals surface area contributed by atoms with Crippen LogP contribution in [0.4, 0.5) is 5.69 Å². The fourth-order valence-corrected chi connectivity index (χ4v) is 4.22. The number of carbonyl (C=O) groups excluding carboxylic acids is 2. The van der Waals surface area contributed by atoms with E-state index in [-0.39, 0.29) is 17.3 Å². The topological polar surface area (TPSA) is 70.7 Å². The van der Waals surface area contributed by atoms with E-state index in [1.807, 2.05) is 38.2 Å². The lowest BCUT2D eigenvalue weighted by molar-refractivity contribution is -0.139. The molecule has 2 N–H and O–H groups in total. The van der Waals surface area contributed by atoms with Crippen LogP contribution in [0, 0.1) is 11.3 Å². The molecule has 1 aromatic carbocycles. The second-order valence-corrected chi connectivity index (χ2v) is 9.79. The highest BCUT2D eigenvalue weighted by Gasteiger charge is 2.33. The predicted molar refractivity (Wildman–Crippen MR) is 128 cm³/mol. The van der Waals surface area contributed by atoms with E-state index in [1.54, 1.807) is 11.8 Å².